The summed E-state index contributed by atoms with van der Waals surface area (Å²) in [6.07, 6.45) is 1.19. The molecule has 0 radical (unpaired) electrons. The van der Waals surface area contributed by atoms with E-state index in [1.54, 1.807) is 0 Å². The van der Waals surface area contributed by atoms with Crippen LogP contribution in [0.2, 0.25) is 0 Å². The Kier molecular flexibility index (Phi) is 7.64. The molecule has 1 unspecified atom stereocenters. The quantitative estimate of drug-likeness (QED) is 0.863. The molecule has 1 aromatic rings. The van der Waals surface area contributed by atoms with Gasteiger partial charge in [0.05, 0.1) is 0 Å². The number of para-hydroxylation sites is 1. The van der Waals surface area contributed by atoms with Crippen LogP contribution in [0.1, 0.15) is 45.1 Å². The first-order valence-corrected chi connectivity index (χ1v) is 6.15. The van der Waals surface area contributed by atoms with Gasteiger partial charge in [0.25, 0.3) is 0 Å². The van der Waals surface area contributed by atoms with Crippen LogP contribution >= 0.6 is 12.4 Å². The topological polar surface area (TPSA) is 55.1 Å². The second-order valence-corrected chi connectivity index (χ2v) is 4.81. The Labute approximate surface area is 116 Å². The van der Waals surface area contributed by atoms with E-state index >= 15 is 0 Å². The number of carbonyl (C=O) groups excluding carboxylic acids is 1. The molecule has 102 valence electrons. The Morgan fingerprint density at radius 2 is 1.89 bits per heavy atom. The van der Waals surface area contributed by atoms with Crippen LogP contribution in [0, 0.1) is 0 Å². The summed E-state index contributed by atoms with van der Waals surface area (Å²) in [6.45, 7) is 6.15. The second kappa shape index (κ2) is 8.11. The fraction of sp³-hybridized carbons (Fsp3) is 0.500. The van der Waals surface area contributed by atoms with E-state index in [4.69, 9.17) is 5.73 Å². The van der Waals surface area contributed by atoms with E-state index in [0.717, 1.165) is 12.1 Å². The first kappa shape index (κ1) is 16.9. The fourth-order valence-corrected chi connectivity index (χ4v) is 1.69. The summed E-state index contributed by atoms with van der Waals surface area (Å²) in [6, 6.07) is 7.99. The minimum atomic E-state index is 0. The van der Waals surface area contributed by atoms with Crippen LogP contribution in [-0.4, -0.2) is 11.9 Å². The van der Waals surface area contributed by atoms with E-state index in [0.29, 0.717) is 12.3 Å². The van der Waals surface area contributed by atoms with Gasteiger partial charge in [0.15, 0.2) is 0 Å². The maximum absolute atomic E-state index is 11.7. The highest BCUT2D eigenvalue weighted by molar-refractivity contribution is 5.91. The molecule has 0 saturated heterocycles. The zero-order chi connectivity index (χ0) is 12.8. The van der Waals surface area contributed by atoms with Gasteiger partial charge in [-0.2, -0.15) is 0 Å². The van der Waals surface area contributed by atoms with Gasteiger partial charge in [0.2, 0.25) is 5.91 Å². The van der Waals surface area contributed by atoms with Crippen molar-refractivity contribution >= 4 is 24.0 Å². The van der Waals surface area contributed by atoms with Crippen molar-refractivity contribution in [2.75, 3.05) is 5.32 Å². The number of amides is 1. The molecule has 1 amide bonds. The third-order valence-corrected chi connectivity index (χ3v) is 2.68. The average Bonchev–Trinajstić information content (AvgIpc) is 2.27. The normalized spacial score (nSPS) is 11.8. The van der Waals surface area contributed by atoms with Crippen LogP contribution in [0.5, 0.6) is 0 Å². The van der Waals surface area contributed by atoms with E-state index in [2.05, 4.69) is 19.2 Å². The van der Waals surface area contributed by atoms with E-state index in [-0.39, 0.29) is 24.4 Å². The number of rotatable bonds is 5. The van der Waals surface area contributed by atoms with Crippen LogP contribution < -0.4 is 11.1 Å². The lowest BCUT2D eigenvalue weighted by atomic mass is 10.0. The van der Waals surface area contributed by atoms with E-state index in [1.807, 2.05) is 31.2 Å². The van der Waals surface area contributed by atoms with Gasteiger partial charge in [-0.3, -0.25) is 4.79 Å². The number of benzene rings is 1. The fourth-order valence-electron chi connectivity index (χ4n) is 1.69. The molecule has 0 saturated carbocycles. The van der Waals surface area contributed by atoms with Crippen molar-refractivity contribution in [2.24, 2.45) is 5.73 Å². The van der Waals surface area contributed by atoms with Crippen molar-refractivity contribution in [2.45, 2.75) is 45.6 Å². The van der Waals surface area contributed by atoms with Crippen molar-refractivity contribution in [3.05, 3.63) is 29.8 Å². The van der Waals surface area contributed by atoms with E-state index < -0.39 is 0 Å². The molecule has 0 aliphatic heterocycles. The smallest absolute Gasteiger partial charge is 0.224 e. The predicted octanol–water partition coefficient (Wildman–Crippen LogP) is 3.30. The van der Waals surface area contributed by atoms with Gasteiger partial charge >= 0.3 is 0 Å². The molecule has 3 N–H and O–H groups in total. The molecule has 0 heterocycles. The number of nitrogens with two attached hydrogens (primary N) is 1. The van der Waals surface area contributed by atoms with Gasteiger partial charge in [-0.15, -0.1) is 12.4 Å². The molecule has 0 fully saturated rings. The summed E-state index contributed by atoms with van der Waals surface area (Å²) >= 11 is 0. The molecular formula is C14H23ClN2O. The Morgan fingerprint density at radius 1 is 1.28 bits per heavy atom. The molecule has 0 bridgehead atoms. The standard InChI is InChI=1S/C14H22N2O.ClH/c1-10(2)12-6-4-5-7-13(12)16-14(17)9-8-11(3)15;/h4-7,10-11H,8-9,15H2,1-3H3,(H,16,17);1H. The molecule has 0 aromatic heterocycles. The molecule has 0 aliphatic carbocycles. The first-order chi connectivity index (χ1) is 8.00. The van der Waals surface area contributed by atoms with Crippen LogP contribution in [0.25, 0.3) is 0 Å². The molecule has 1 atom stereocenters. The molecule has 4 heteroatoms. The highest BCUT2D eigenvalue weighted by Crippen LogP contribution is 2.23. The number of hydrogen-bond donors (Lipinski definition) is 2. The van der Waals surface area contributed by atoms with Crippen LogP contribution in [0.15, 0.2) is 24.3 Å². The number of hydrogen-bond acceptors (Lipinski definition) is 2. The Hall–Kier alpha value is -1.06. The summed E-state index contributed by atoms with van der Waals surface area (Å²) in [5.41, 5.74) is 7.71. The Bertz CT molecular complexity index is 378. The van der Waals surface area contributed by atoms with Crippen LogP contribution in [-0.2, 0) is 4.79 Å². The molecule has 3 nitrogen and oxygen atoms in total. The van der Waals surface area contributed by atoms with Crippen molar-refractivity contribution < 1.29 is 4.79 Å². The summed E-state index contributed by atoms with van der Waals surface area (Å²) in [7, 11) is 0. The molecule has 1 aromatic carbocycles. The van der Waals surface area contributed by atoms with Crippen molar-refractivity contribution in [3.8, 4) is 0 Å². The largest absolute Gasteiger partial charge is 0.328 e. The highest BCUT2D eigenvalue weighted by atomic mass is 35.5. The van der Waals surface area contributed by atoms with Crippen molar-refractivity contribution in [1.29, 1.82) is 0 Å². The van der Waals surface area contributed by atoms with E-state index in [1.165, 1.54) is 5.56 Å². The molecule has 18 heavy (non-hydrogen) atoms. The minimum absolute atomic E-state index is 0. The Balaban J connectivity index is 0.00000289. The third-order valence-electron chi connectivity index (χ3n) is 2.68. The van der Waals surface area contributed by atoms with Gasteiger partial charge in [-0.05, 0) is 30.9 Å². The third kappa shape index (κ3) is 5.52. The first-order valence-electron chi connectivity index (χ1n) is 6.15. The maximum Gasteiger partial charge on any atom is 0.224 e. The summed E-state index contributed by atoms with van der Waals surface area (Å²) < 4.78 is 0. The zero-order valence-electron chi connectivity index (χ0n) is 11.3. The van der Waals surface area contributed by atoms with Crippen molar-refractivity contribution in [1.82, 2.24) is 0 Å². The van der Waals surface area contributed by atoms with Gasteiger partial charge in [0, 0.05) is 18.2 Å². The van der Waals surface area contributed by atoms with E-state index in [9.17, 15) is 4.79 Å². The number of nitrogens with one attached hydrogen (secondary N) is 1. The lowest BCUT2D eigenvalue weighted by Gasteiger charge is -2.13. The summed E-state index contributed by atoms with van der Waals surface area (Å²) in [5, 5.41) is 2.95. The summed E-state index contributed by atoms with van der Waals surface area (Å²) in [4.78, 5) is 11.7. The number of carbonyl (C=O) groups is 1. The molecule has 1 rings (SSSR count). The Morgan fingerprint density at radius 3 is 2.44 bits per heavy atom. The molecular weight excluding hydrogens is 248 g/mol. The summed E-state index contributed by atoms with van der Waals surface area (Å²) in [5.74, 6) is 0.440. The zero-order valence-corrected chi connectivity index (χ0v) is 12.1. The average molecular weight is 271 g/mol. The van der Waals surface area contributed by atoms with Crippen LogP contribution in [0.3, 0.4) is 0 Å². The SMILES string of the molecule is CC(N)CCC(=O)Nc1ccccc1C(C)C.Cl. The number of anilines is 1. The van der Waals surface area contributed by atoms with Gasteiger partial charge in [-0.25, -0.2) is 0 Å². The van der Waals surface area contributed by atoms with Gasteiger partial charge in [-0.1, -0.05) is 32.0 Å². The minimum Gasteiger partial charge on any atom is -0.328 e. The predicted molar refractivity (Wildman–Crippen MR) is 79.3 cm³/mol. The second-order valence-electron chi connectivity index (χ2n) is 4.81. The van der Waals surface area contributed by atoms with Gasteiger partial charge in [0.1, 0.15) is 0 Å². The molecule has 0 spiro atoms. The monoisotopic (exact) mass is 270 g/mol. The highest BCUT2D eigenvalue weighted by Gasteiger charge is 2.09. The lowest BCUT2D eigenvalue weighted by molar-refractivity contribution is -0.116. The maximum atomic E-state index is 11.7. The lowest BCUT2D eigenvalue weighted by Crippen LogP contribution is -2.20. The van der Waals surface area contributed by atoms with Gasteiger partial charge < -0.3 is 11.1 Å². The number of halogens is 1. The van der Waals surface area contributed by atoms with Crippen molar-refractivity contribution in [3.63, 3.8) is 0 Å². The van der Waals surface area contributed by atoms with Crippen LogP contribution in [0.4, 0.5) is 5.69 Å². The molecule has 0 aliphatic rings.